The fourth-order valence-electron chi connectivity index (χ4n) is 2.95. The largest absolute Gasteiger partial charge is 0.508 e. The molecule has 0 aliphatic carbocycles. The van der Waals surface area contributed by atoms with Crippen LogP contribution in [0.25, 0.3) is 0 Å². The number of hydrogen-bond acceptors (Lipinski definition) is 9. The van der Waals surface area contributed by atoms with Gasteiger partial charge in [0.1, 0.15) is 6.04 Å². The predicted octanol–water partition coefficient (Wildman–Crippen LogP) is 3.65. The first-order chi connectivity index (χ1) is 15.8. The van der Waals surface area contributed by atoms with Crippen LogP contribution in [0, 0.1) is 11.3 Å². The molecule has 0 spiro atoms. The number of carboxylic acids is 1. The van der Waals surface area contributed by atoms with Crippen LogP contribution >= 0.6 is 0 Å². The van der Waals surface area contributed by atoms with E-state index in [0.29, 0.717) is 5.56 Å². The molecule has 0 aromatic heterocycles. The van der Waals surface area contributed by atoms with Gasteiger partial charge in [-0.15, -0.1) is 0 Å². The van der Waals surface area contributed by atoms with Gasteiger partial charge in [-0.05, 0) is 29.0 Å². The number of esters is 2. The maximum absolute atomic E-state index is 11.9. The van der Waals surface area contributed by atoms with Crippen LogP contribution < -0.4 is 15.2 Å². The molecule has 0 saturated carbocycles. The van der Waals surface area contributed by atoms with Gasteiger partial charge in [0.25, 0.3) is 0 Å². The Morgan fingerprint density at radius 2 is 1.53 bits per heavy atom. The minimum Gasteiger partial charge on any atom is -0.480 e. The number of hydrogen-bond donors (Lipinski definition) is 2. The van der Waals surface area contributed by atoms with Gasteiger partial charge >= 0.3 is 24.1 Å². The molecule has 1 aromatic rings. The maximum atomic E-state index is 11.9. The van der Waals surface area contributed by atoms with Crippen LogP contribution in [-0.4, -0.2) is 48.4 Å². The number of nitrogens with two attached hydrogens (primary N) is 1. The van der Waals surface area contributed by atoms with E-state index in [-0.39, 0.29) is 43.0 Å². The summed E-state index contributed by atoms with van der Waals surface area (Å²) in [6, 6.07) is 2.99. The lowest BCUT2D eigenvalue weighted by Gasteiger charge is -2.28. The van der Waals surface area contributed by atoms with E-state index in [2.05, 4.69) is 0 Å². The molecule has 10 nitrogen and oxygen atoms in total. The van der Waals surface area contributed by atoms with E-state index in [1.165, 1.54) is 18.2 Å². The van der Waals surface area contributed by atoms with E-state index in [1.807, 2.05) is 20.8 Å². The van der Waals surface area contributed by atoms with Crippen molar-refractivity contribution in [1.29, 1.82) is 0 Å². The van der Waals surface area contributed by atoms with Crippen molar-refractivity contribution in [2.75, 3.05) is 13.2 Å². The van der Waals surface area contributed by atoms with Crippen molar-refractivity contribution in [3.63, 3.8) is 0 Å². The second-order valence-corrected chi connectivity index (χ2v) is 9.14. The Morgan fingerprint density at radius 1 is 0.971 bits per heavy atom. The van der Waals surface area contributed by atoms with Crippen molar-refractivity contribution >= 4 is 24.1 Å². The average Bonchev–Trinajstić information content (AvgIpc) is 2.77. The topological polar surface area (TPSA) is 151 Å². The molecule has 0 radical (unpaired) electrons. The summed E-state index contributed by atoms with van der Waals surface area (Å²) in [6.45, 7) is 10.6. The molecule has 3 N–H and O–H groups in total. The van der Waals surface area contributed by atoms with E-state index in [4.69, 9.17) is 24.7 Å². The Morgan fingerprint density at radius 3 is 2.03 bits per heavy atom. The van der Waals surface area contributed by atoms with E-state index >= 15 is 0 Å². The fraction of sp³-hybridized carbons (Fsp3) is 0.583. The minimum atomic E-state index is -1.36. The van der Waals surface area contributed by atoms with Gasteiger partial charge in [-0.2, -0.15) is 0 Å². The van der Waals surface area contributed by atoms with Crippen LogP contribution in [0.1, 0.15) is 65.9 Å². The smallest absolute Gasteiger partial charge is 0.480 e. The minimum absolute atomic E-state index is 0.0229. The van der Waals surface area contributed by atoms with Crippen LogP contribution in [0.4, 0.5) is 4.79 Å². The van der Waals surface area contributed by atoms with Gasteiger partial charge in [-0.25, -0.2) is 4.79 Å². The Bertz CT molecular complexity index is 876. The van der Waals surface area contributed by atoms with Crippen LogP contribution in [0.15, 0.2) is 18.2 Å². The summed E-state index contributed by atoms with van der Waals surface area (Å²) in [7, 11) is 0. The van der Waals surface area contributed by atoms with Crippen LogP contribution in [0.3, 0.4) is 0 Å². The third-order valence-corrected chi connectivity index (χ3v) is 4.75. The van der Waals surface area contributed by atoms with Crippen molar-refractivity contribution in [2.24, 2.45) is 17.1 Å². The van der Waals surface area contributed by atoms with E-state index in [0.717, 1.165) is 0 Å². The third kappa shape index (κ3) is 9.38. The fourth-order valence-corrected chi connectivity index (χ4v) is 2.95. The van der Waals surface area contributed by atoms with Gasteiger partial charge in [0.05, 0.1) is 13.2 Å². The normalized spacial score (nSPS) is 13.9. The summed E-state index contributed by atoms with van der Waals surface area (Å²) >= 11 is 0. The first-order valence-electron chi connectivity index (χ1n) is 11.1. The zero-order valence-electron chi connectivity index (χ0n) is 20.6. The van der Waals surface area contributed by atoms with E-state index in [1.54, 1.807) is 20.8 Å². The number of carbonyl (C=O) groups excluding carboxylic acids is 3. The molecule has 0 aliphatic heterocycles. The molecule has 0 aliphatic rings. The van der Waals surface area contributed by atoms with E-state index in [9.17, 15) is 24.3 Å². The molecule has 10 heteroatoms. The van der Waals surface area contributed by atoms with E-state index < -0.39 is 41.9 Å². The second kappa shape index (κ2) is 12.9. The summed E-state index contributed by atoms with van der Waals surface area (Å²) in [6.07, 6.45) is -0.691. The summed E-state index contributed by atoms with van der Waals surface area (Å²) in [5.74, 6) is -3.75. The molecule has 0 amide bonds. The zero-order valence-corrected chi connectivity index (χ0v) is 20.6. The first-order valence-corrected chi connectivity index (χ1v) is 11.1. The predicted molar refractivity (Wildman–Crippen MR) is 123 cm³/mol. The van der Waals surface area contributed by atoms with Gasteiger partial charge < -0.3 is 29.8 Å². The average molecular weight is 482 g/mol. The van der Waals surface area contributed by atoms with Crippen LogP contribution in [0.5, 0.6) is 11.5 Å². The lowest BCUT2D eigenvalue weighted by molar-refractivity contribution is -0.139. The van der Waals surface area contributed by atoms with Crippen molar-refractivity contribution in [3.8, 4) is 11.5 Å². The van der Waals surface area contributed by atoms with Crippen molar-refractivity contribution in [2.45, 2.75) is 66.3 Å². The molecule has 0 heterocycles. The molecule has 34 heavy (non-hydrogen) atoms. The highest BCUT2D eigenvalue weighted by Gasteiger charge is 2.33. The summed E-state index contributed by atoms with van der Waals surface area (Å²) < 4.78 is 20.8. The number of benzene rings is 1. The first kappa shape index (κ1) is 28.9. The number of ether oxygens (including phenoxy) is 4. The number of rotatable bonds is 11. The number of aliphatic carboxylic acids is 1. The Kier molecular flexibility index (Phi) is 11.0. The highest BCUT2D eigenvalue weighted by molar-refractivity contribution is 5.77. The van der Waals surface area contributed by atoms with Crippen molar-refractivity contribution < 1.29 is 43.2 Å². The van der Waals surface area contributed by atoms with Crippen LogP contribution in [-0.2, 0) is 23.9 Å². The highest BCUT2D eigenvalue weighted by Crippen LogP contribution is 2.36. The monoisotopic (exact) mass is 481 g/mol. The lowest BCUT2D eigenvalue weighted by Crippen LogP contribution is -2.40. The summed E-state index contributed by atoms with van der Waals surface area (Å²) in [4.78, 5) is 47.3. The quantitative estimate of drug-likeness (QED) is 0.354. The van der Waals surface area contributed by atoms with Gasteiger partial charge in [-0.3, -0.25) is 14.4 Å². The zero-order chi connectivity index (χ0) is 26.1. The molecule has 0 fully saturated rings. The SMILES string of the molecule is CCC(=O)Oc1ccc(C(C(C)COC(=O)OCC(C)(C)C)[C@H](N)C(=O)O)cc1OC(=O)CC. The molecule has 0 bridgehead atoms. The Hall–Kier alpha value is -3.14. The third-order valence-electron chi connectivity index (χ3n) is 4.75. The van der Waals surface area contributed by atoms with Crippen molar-refractivity contribution in [1.82, 2.24) is 0 Å². The maximum Gasteiger partial charge on any atom is 0.508 e. The Labute approximate surface area is 199 Å². The van der Waals surface area contributed by atoms with Crippen molar-refractivity contribution in [3.05, 3.63) is 23.8 Å². The van der Waals surface area contributed by atoms with Crippen LogP contribution in [0.2, 0.25) is 0 Å². The molecular weight excluding hydrogens is 446 g/mol. The summed E-state index contributed by atoms with van der Waals surface area (Å²) in [5, 5.41) is 9.56. The highest BCUT2D eigenvalue weighted by atomic mass is 16.7. The molecular formula is C24H35NO9. The Balaban J connectivity index is 3.21. The van der Waals surface area contributed by atoms with Gasteiger partial charge in [-0.1, -0.05) is 47.6 Å². The molecule has 3 atom stereocenters. The standard InChI is InChI=1S/C24H35NO9/c1-7-18(26)33-16-10-9-15(11-17(16)34-19(27)8-2)20(21(25)22(28)29)14(3)12-31-23(30)32-13-24(4,5)6/h9-11,14,20-21H,7-8,12-13,25H2,1-6H3,(H,28,29)/t14?,20?,21-/m0/s1. The molecule has 1 rings (SSSR count). The molecule has 0 saturated heterocycles. The number of carboxylic acid groups (broad SMARTS) is 1. The molecule has 1 aromatic carbocycles. The number of carbonyl (C=O) groups is 4. The lowest BCUT2D eigenvalue weighted by atomic mass is 9.82. The van der Waals surface area contributed by atoms with Gasteiger partial charge in [0.15, 0.2) is 11.5 Å². The molecule has 2 unspecified atom stereocenters. The van der Waals surface area contributed by atoms with Gasteiger partial charge in [0.2, 0.25) is 0 Å². The summed E-state index contributed by atoms with van der Waals surface area (Å²) in [5.41, 5.74) is 6.13. The van der Waals surface area contributed by atoms with Gasteiger partial charge in [0, 0.05) is 18.8 Å². The second-order valence-electron chi connectivity index (χ2n) is 9.14. The molecule has 190 valence electrons.